The van der Waals surface area contributed by atoms with E-state index < -0.39 is 0 Å². The van der Waals surface area contributed by atoms with Gasteiger partial charge in [0.1, 0.15) is 0 Å². The average Bonchev–Trinajstić information content (AvgIpc) is 2.58. The Balaban J connectivity index is 1.98. The maximum atomic E-state index is 4.56. The van der Waals surface area contributed by atoms with E-state index in [1.165, 1.54) is 5.71 Å². The number of allylic oxidation sites excluding steroid dienone is 1. The summed E-state index contributed by atoms with van der Waals surface area (Å²) in [6.07, 6.45) is 5.50. The van der Waals surface area contributed by atoms with Crippen LogP contribution in [0.1, 0.15) is 6.42 Å². The third kappa shape index (κ3) is 0.723. The van der Waals surface area contributed by atoms with Gasteiger partial charge in [0.25, 0.3) is 0 Å². The van der Waals surface area contributed by atoms with Gasteiger partial charge in [-0.25, -0.2) is 0 Å². The minimum Gasteiger partial charge on any atom is -0.282 e. The predicted molar refractivity (Wildman–Crippen MR) is 43.4 cm³/mol. The molecule has 0 aliphatic carbocycles. The molecule has 2 N–H and O–H groups in total. The van der Waals surface area contributed by atoms with E-state index in [0.29, 0.717) is 18.0 Å². The van der Waals surface area contributed by atoms with E-state index in [2.05, 4.69) is 28.0 Å². The summed E-state index contributed by atoms with van der Waals surface area (Å²) in [6.45, 7) is 1.07. The first-order chi connectivity index (χ1) is 5.43. The normalized spacial score (nSPS) is 45.8. The Bertz CT molecular complexity index is 244. The Hall–Kier alpha value is -0.670. The molecule has 0 amide bonds. The highest BCUT2D eigenvalue weighted by atomic mass is 15.4. The van der Waals surface area contributed by atoms with Gasteiger partial charge in [0.05, 0.1) is 6.04 Å². The van der Waals surface area contributed by atoms with E-state index in [4.69, 9.17) is 0 Å². The second kappa shape index (κ2) is 1.93. The highest BCUT2D eigenvalue weighted by molar-refractivity contribution is 5.98. The zero-order valence-corrected chi connectivity index (χ0v) is 6.25. The molecule has 0 saturated carbocycles. The van der Waals surface area contributed by atoms with Crippen molar-refractivity contribution in [1.82, 2.24) is 10.9 Å². The molecule has 0 spiro atoms. The van der Waals surface area contributed by atoms with E-state index in [-0.39, 0.29) is 0 Å². The van der Waals surface area contributed by atoms with Crippen molar-refractivity contribution in [3.05, 3.63) is 12.2 Å². The second-order valence-corrected chi connectivity index (χ2v) is 3.47. The third-order valence-electron chi connectivity index (χ3n) is 2.81. The van der Waals surface area contributed by atoms with Crippen LogP contribution in [0.15, 0.2) is 17.1 Å². The number of hydrogen-bond acceptors (Lipinski definition) is 3. The number of aliphatic imine (C=N–C) groups is 1. The second-order valence-electron chi connectivity index (χ2n) is 3.47. The molecule has 1 saturated heterocycles. The highest BCUT2D eigenvalue weighted by Crippen LogP contribution is 2.28. The van der Waals surface area contributed by atoms with Crippen molar-refractivity contribution in [3.8, 4) is 0 Å². The highest BCUT2D eigenvalue weighted by Gasteiger charge is 2.38. The number of hydrogen-bond donors (Lipinski definition) is 2. The molecule has 3 aliphatic rings. The Morgan fingerprint density at radius 2 is 2.55 bits per heavy atom. The summed E-state index contributed by atoms with van der Waals surface area (Å²) in [5.41, 5.74) is 7.75. The van der Waals surface area contributed by atoms with Crippen molar-refractivity contribution in [3.63, 3.8) is 0 Å². The fourth-order valence-corrected chi connectivity index (χ4v) is 2.19. The van der Waals surface area contributed by atoms with E-state index in [1.807, 2.05) is 0 Å². The molecule has 3 heterocycles. The molecule has 2 bridgehead atoms. The van der Waals surface area contributed by atoms with Gasteiger partial charge in [-0.2, -0.15) is 0 Å². The summed E-state index contributed by atoms with van der Waals surface area (Å²) in [6, 6.07) is 1.09. The van der Waals surface area contributed by atoms with Gasteiger partial charge in [-0.05, 0) is 6.08 Å². The van der Waals surface area contributed by atoms with Gasteiger partial charge in [0, 0.05) is 30.6 Å². The van der Waals surface area contributed by atoms with Crippen LogP contribution in [0.3, 0.4) is 0 Å². The molecule has 58 valence electrons. The molecule has 11 heavy (non-hydrogen) atoms. The van der Waals surface area contributed by atoms with E-state index in [0.717, 1.165) is 13.0 Å². The quantitative estimate of drug-likeness (QED) is 0.503. The minimum absolute atomic E-state index is 0.464. The monoisotopic (exact) mass is 149 g/mol. The summed E-state index contributed by atoms with van der Waals surface area (Å²) in [4.78, 5) is 4.56. The molecular weight excluding hydrogens is 138 g/mol. The largest absolute Gasteiger partial charge is 0.282 e. The van der Waals surface area contributed by atoms with Crippen LogP contribution in [0.25, 0.3) is 0 Å². The van der Waals surface area contributed by atoms with Crippen LogP contribution >= 0.6 is 0 Å². The molecule has 3 nitrogen and oxygen atoms in total. The molecule has 0 aromatic heterocycles. The molecule has 0 aromatic rings. The molecule has 3 unspecified atom stereocenters. The van der Waals surface area contributed by atoms with Crippen molar-refractivity contribution in [2.24, 2.45) is 10.9 Å². The molecule has 0 radical (unpaired) electrons. The average molecular weight is 149 g/mol. The third-order valence-corrected chi connectivity index (χ3v) is 2.81. The topological polar surface area (TPSA) is 36.4 Å². The number of hydrazine groups is 1. The van der Waals surface area contributed by atoms with Crippen LogP contribution in [0.4, 0.5) is 0 Å². The van der Waals surface area contributed by atoms with Gasteiger partial charge in [-0.1, -0.05) is 6.08 Å². The Morgan fingerprint density at radius 1 is 1.55 bits per heavy atom. The molecule has 3 rings (SSSR count). The van der Waals surface area contributed by atoms with Crippen molar-refractivity contribution in [2.75, 3.05) is 6.54 Å². The van der Waals surface area contributed by atoms with Crippen LogP contribution in [-0.2, 0) is 0 Å². The van der Waals surface area contributed by atoms with Crippen LogP contribution in [0.5, 0.6) is 0 Å². The summed E-state index contributed by atoms with van der Waals surface area (Å²) < 4.78 is 0. The minimum atomic E-state index is 0.464. The molecular formula is C8H11N3. The van der Waals surface area contributed by atoms with Gasteiger partial charge < -0.3 is 0 Å². The lowest BCUT2D eigenvalue weighted by Crippen LogP contribution is -2.37. The lowest BCUT2D eigenvalue weighted by atomic mass is 9.90. The zero-order chi connectivity index (χ0) is 7.26. The molecule has 3 aliphatic heterocycles. The van der Waals surface area contributed by atoms with E-state index >= 15 is 0 Å². The van der Waals surface area contributed by atoms with E-state index in [1.54, 1.807) is 0 Å². The molecule has 0 aromatic carbocycles. The van der Waals surface area contributed by atoms with Gasteiger partial charge in [0.15, 0.2) is 0 Å². The summed E-state index contributed by atoms with van der Waals surface area (Å²) in [5.74, 6) is 0.692. The Labute approximate surface area is 65.6 Å². The first-order valence-electron chi connectivity index (χ1n) is 4.17. The summed E-state index contributed by atoms with van der Waals surface area (Å²) in [5, 5.41) is 0. The smallest absolute Gasteiger partial charge is 0.0743 e. The fraction of sp³-hybridized carbons (Fsp3) is 0.625. The lowest BCUT2D eigenvalue weighted by Gasteiger charge is -2.24. The maximum Gasteiger partial charge on any atom is 0.0743 e. The zero-order valence-electron chi connectivity index (χ0n) is 6.25. The van der Waals surface area contributed by atoms with Crippen molar-refractivity contribution in [2.45, 2.75) is 18.5 Å². The van der Waals surface area contributed by atoms with Gasteiger partial charge in [-0.15, -0.1) is 0 Å². The van der Waals surface area contributed by atoms with Crippen LogP contribution in [0, 0.1) is 5.92 Å². The lowest BCUT2D eigenvalue weighted by molar-refractivity contribution is 0.423. The predicted octanol–water partition coefficient (Wildman–Crippen LogP) is -0.138. The summed E-state index contributed by atoms with van der Waals surface area (Å²) >= 11 is 0. The number of fused-ring (bicyclic) bond motifs is 3. The van der Waals surface area contributed by atoms with Crippen molar-refractivity contribution in [1.29, 1.82) is 0 Å². The number of rotatable bonds is 0. The molecule has 3 atom stereocenters. The standard InChI is InChI=1S/C8H11N3/c1-2-7-6-4-9-11-8(6)3-5(1)10-7/h1-2,6-9,11H,3-4H2. The molecule has 1 fully saturated rings. The van der Waals surface area contributed by atoms with Crippen LogP contribution < -0.4 is 10.9 Å². The maximum absolute atomic E-state index is 4.56. The van der Waals surface area contributed by atoms with Crippen LogP contribution in [0.2, 0.25) is 0 Å². The van der Waals surface area contributed by atoms with Gasteiger partial charge in [-0.3, -0.25) is 15.8 Å². The fourth-order valence-electron chi connectivity index (χ4n) is 2.19. The van der Waals surface area contributed by atoms with Crippen molar-refractivity contribution >= 4 is 5.71 Å². The number of nitrogens with one attached hydrogen (secondary N) is 2. The first kappa shape index (κ1) is 5.91. The molecule has 3 heteroatoms. The van der Waals surface area contributed by atoms with Crippen LogP contribution in [-0.4, -0.2) is 24.3 Å². The van der Waals surface area contributed by atoms with Gasteiger partial charge in [0.2, 0.25) is 0 Å². The number of nitrogens with zero attached hydrogens (tertiary/aromatic N) is 1. The van der Waals surface area contributed by atoms with E-state index in [9.17, 15) is 0 Å². The van der Waals surface area contributed by atoms with Crippen molar-refractivity contribution < 1.29 is 0 Å². The SMILES string of the molecule is C1=CC2N=C1CC1NNCC21. The Kier molecular flexibility index (Phi) is 1.04. The first-order valence-corrected chi connectivity index (χ1v) is 4.17. The summed E-state index contributed by atoms with van der Waals surface area (Å²) in [7, 11) is 0. The Morgan fingerprint density at radius 3 is 3.55 bits per heavy atom. The van der Waals surface area contributed by atoms with Gasteiger partial charge >= 0.3 is 0 Å².